The lowest BCUT2D eigenvalue weighted by Crippen LogP contribution is -2.50. The number of methoxy groups -OCH3 is 2. The summed E-state index contributed by atoms with van der Waals surface area (Å²) in [7, 11) is 3.13. The van der Waals surface area contributed by atoms with E-state index in [1.807, 2.05) is 0 Å². The summed E-state index contributed by atoms with van der Waals surface area (Å²) >= 11 is 12.4. The second kappa shape index (κ2) is 8.54. The van der Waals surface area contributed by atoms with E-state index < -0.39 is 0 Å². The summed E-state index contributed by atoms with van der Waals surface area (Å²) in [6.45, 7) is 2.33. The fourth-order valence-corrected chi connectivity index (χ4v) is 3.53. The SMILES string of the molecule is COc1cc(NC(=O)N2CCN(c3c(Cl)cncc3Cl)CC2)cc(OC)c1. The van der Waals surface area contributed by atoms with Crippen LogP contribution in [0, 0.1) is 0 Å². The summed E-state index contributed by atoms with van der Waals surface area (Å²) in [5.41, 5.74) is 1.37. The van der Waals surface area contributed by atoms with Gasteiger partial charge in [0.2, 0.25) is 0 Å². The average molecular weight is 411 g/mol. The van der Waals surface area contributed by atoms with E-state index in [2.05, 4.69) is 15.2 Å². The molecule has 0 spiro atoms. The number of amides is 2. The molecule has 27 heavy (non-hydrogen) atoms. The smallest absolute Gasteiger partial charge is 0.321 e. The van der Waals surface area contributed by atoms with Crippen molar-refractivity contribution in [3.8, 4) is 11.5 Å². The van der Waals surface area contributed by atoms with Crippen LogP contribution in [0.25, 0.3) is 0 Å². The molecular formula is C18H20Cl2N4O3. The molecule has 0 aliphatic carbocycles. The molecule has 1 saturated heterocycles. The van der Waals surface area contributed by atoms with E-state index in [-0.39, 0.29) is 6.03 Å². The molecule has 0 bridgehead atoms. The molecule has 144 valence electrons. The Morgan fingerprint density at radius 1 is 1.00 bits per heavy atom. The summed E-state index contributed by atoms with van der Waals surface area (Å²) in [6.07, 6.45) is 3.13. The summed E-state index contributed by atoms with van der Waals surface area (Å²) in [5, 5.41) is 3.89. The summed E-state index contributed by atoms with van der Waals surface area (Å²) in [5.74, 6) is 1.22. The number of aromatic nitrogens is 1. The van der Waals surface area contributed by atoms with Crippen molar-refractivity contribution in [1.29, 1.82) is 0 Å². The fraction of sp³-hybridized carbons (Fsp3) is 0.333. The van der Waals surface area contributed by atoms with Gasteiger partial charge >= 0.3 is 6.03 Å². The Labute approximate surface area is 167 Å². The van der Waals surface area contributed by atoms with Crippen molar-refractivity contribution in [2.45, 2.75) is 0 Å². The maximum Gasteiger partial charge on any atom is 0.321 e. The molecule has 2 heterocycles. The van der Waals surface area contributed by atoms with Crippen LogP contribution < -0.4 is 19.7 Å². The summed E-state index contributed by atoms with van der Waals surface area (Å²) < 4.78 is 10.5. The molecule has 3 rings (SSSR count). The number of carbonyl (C=O) groups is 1. The molecule has 1 aromatic heterocycles. The highest BCUT2D eigenvalue weighted by Gasteiger charge is 2.24. The standard InChI is InChI=1S/C18H20Cl2N4O3/c1-26-13-7-12(8-14(9-13)27-2)22-18(25)24-5-3-23(4-6-24)17-15(19)10-21-11-16(17)20/h7-11H,3-6H2,1-2H3,(H,22,25). The lowest BCUT2D eigenvalue weighted by molar-refractivity contribution is 0.208. The van der Waals surface area contributed by atoms with E-state index in [0.717, 1.165) is 5.69 Å². The predicted molar refractivity (Wildman–Crippen MR) is 107 cm³/mol. The maximum atomic E-state index is 12.6. The van der Waals surface area contributed by atoms with Gasteiger partial charge < -0.3 is 24.6 Å². The van der Waals surface area contributed by atoms with Crippen molar-refractivity contribution >= 4 is 40.6 Å². The van der Waals surface area contributed by atoms with Crippen LogP contribution in [0.5, 0.6) is 11.5 Å². The van der Waals surface area contributed by atoms with Crippen molar-refractivity contribution in [1.82, 2.24) is 9.88 Å². The van der Waals surface area contributed by atoms with Crippen LogP contribution in [0.3, 0.4) is 0 Å². The minimum Gasteiger partial charge on any atom is -0.497 e. The summed E-state index contributed by atoms with van der Waals surface area (Å²) in [6, 6.07) is 5.05. The quantitative estimate of drug-likeness (QED) is 0.830. The van der Waals surface area contributed by atoms with Crippen LogP contribution in [0.4, 0.5) is 16.2 Å². The van der Waals surface area contributed by atoms with Crippen LogP contribution in [-0.2, 0) is 0 Å². The third-order valence-electron chi connectivity index (χ3n) is 4.31. The van der Waals surface area contributed by atoms with Crippen LogP contribution in [-0.4, -0.2) is 56.3 Å². The molecular weight excluding hydrogens is 391 g/mol. The molecule has 1 aromatic carbocycles. The number of ether oxygens (including phenoxy) is 2. The van der Waals surface area contributed by atoms with E-state index in [1.54, 1.807) is 49.7 Å². The average Bonchev–Trinajstić information content (AvgIpc) is 2.68. The fourth-order valence-electron chi connectivity index (χ4n) is 2.92. The van der Waals surface area contributed by atoms with Gasteiger partial charge in [-0.2, -0.15) is 0 Å². The highest BCUT2D eigenvalue weighted by molar-refractivity contribution is 6.38. The van der Waals surface area contributed by atoms with Gasteiger partial charge in [-0.05, 0) is 0 Å². The number of rotatable bonds is 4. The van der Waals surface area contributed by atoms with Crippen molar-refractivity contribution < 1.29 is 14.3 Å². The second-order valence-corrected chi connectivity index (χ2v) is 6.77. The minimum atomic E-state index is -0.183. The number of hydrogen-bond donors (Lipinski definition) is 1. The second-order valence-electron chi connectivity index (χ2n) is 5.96. The summed E-state index contributed by atoms with van der Waals surface area (Å²) in [4.78, 5) is 20.4. The minimum absolute atomic E-state index is 0.183. The van der Waals surface area contributed by atoms with Gasteiger partial charge in [0.05, 0.1) is 30.0 Å². The molecule has 1 aliphatic rings. The number of nitrogens with one attached hydrogen (secondary N) is 1. The molecule has 2 aromatic rings. The Hall–Kier alpha value is -2.38. The van der Waals surface area contributed by atoms with Gasteiger partial charge in [0.1, 0.15) is 11.5 Å². The van der Waals surface area contributed by atoms with Crippen LogP contribution in [0.1, 0.15) is 0 Å². The Kier molecular flexibility index (Phi) is 6.13. The van der Waals surface area contributed by atoms with Gasteiger partial charge in [-0.1, -0.05) is 23.2 Å². The van der Waals surface area contributed by atoms with Gasteiger partial charge in [0.15, 0.2) is 0 Å². The Morgan fingerprint density at radius 3 is 2.07 bits per heavy atom. The topological polar surface area (TPSA) is 66.9 Å². The first-order valence-corrected chi connectivity index (χ1v) is 9.10. The van der Waals surface area contributed by atoms with Gasteiger partial charge in [-0.15, -0.1) is 0 Å². The first kappa shape index (κ1) is 19.4. The molecule has 1 N–H and O–H groups in total. The zero-order valence-electron chi connectivity index (χ0n) is 15.0. The molecule has 0 atom stereocenters. The molecule has 7 nitrogen and oxygen atoms in total. The van der Waals surface area contributed by atoms with Gasteiger partial charge in [-0.25, -0.2) is 4.79 Å². The third-order valence-corrected chi connectivity index (χ3v) is 4.87. The lowest BCUT2D eigenvalue weighted by atomic mass is 10.2. The highest BCUT2D eigenvalue weighted by Crippen LogP contribution is 2.33. The Bertz CT molecular complexity index is 784. The number of urea groups is 1. The van der Waals surface area contributed by atoms with E-state index in [9.17, 15) is 4.79 Å². The van der Waals surface area contributed by atoms with Crippen molar-refractivity contribution in [2.75, 3.05) is 50.6 Å². The van der Waals surface area contributed by atoms with E-state index in [4.69, 9.17) is 32.7 Å². The molecule has 0 saturated carbocycles. The first-order chi connectivity index (χ1) is 13.0. The monoisotopic (exact) mass is 410 g/mol. The van der Waals surface area contributed by atoms with Crippen molar-refractivity contribution in [2.24, 2.45) is 0 Å². The maximum absolute atomic E-state index is 12.6. The number of pyridine rings is 1. The molecule has 0 radical (unpaired) electrons. The van der Waals surface area contributed by atoms with Gasteiger partial charge in [0.25, 0.3) is 0 Å². The largest absolute Gasteiger partial charge is 0.497 e. The number of piperazine rings is 1. The Balaban J connectivity index is 1.64. The zero-order chi connectivity index (χ0) is 19.4. The van der Waals surface area contributed by atoms with E-state index in [1.165, 1.54) is 0 Å². The predicted octanol–water partition coefficient (Wildman–Crippen LogP) is 3.76. The van der Waals surface area contributed by atoms with E-state index in [0.29, 0.717) is 53.4 Å². The van der Waals surface area contributed by atoms with Crippen molar-refractivity contribution in [3.63, 3.8) is 0 Å². The van der Waals surface area contributed by atoms with Crippen molar-refractivity contribution in [3.05, 3.63) is 40.6 Å². The highest BCUT2D eigenvalue weighted by atomic mass is 35.5. The van der Waals surface area contributed by atoms with Crippen LogP contribution >= 0.6 is 23.2 Å². The van der Waals surface area contributed by atoms with E-state index >= 15 is 0 Å². The molecule has 0 unspecified atom stereocenters. The zero-order valence-corrected chi connectivity index (χ0v) is 16.5. The number of halogens is 2. The van der Waals surface area contributed by atoms with Gasteiger partial charge in [0, 0.05) is 62.5 Å². The molecule has 1 aliphatic heterocycles. The number of nitrogens with zero attached hydrogens (tertiary/aromatic N) is 3. The lowest BCUT2D eigenvalue weighted by Gasteiger charge is -2.36. The Morgan fingerprint density at radius 2 is 1.56 bits per heavy atom. The number of anilines is 2. The normalized spacial score (nSPS) is 14.1. The van der Waals surface area contributed by atoms with Crippen LogP contribution in [0.15, 0.2) is 30.6 Å². The molecule has 9 heteroatoms. The molecule has 1 fully saturated rings. The van der Waals surface area contributed by atoms with Crippen LogP contribution in [0.2, 0.25) is 10.0 Å². The molecule has 2 amide bonds. The number of carbonyl (C=O) groups excluding carboxylic acids is 1. The first-order valence-electron chi connectivity index (χ1n) is 8.34. The number of hydrogen-bond acceptors (Lipinski definition) is 5. The number of benzene rings is 1. The third kappa shape index (κ3) is 4.48. The van der Waals surface area contributed by atoms with Gasteiger partial charge in [-0.3, -0.25) is 4.98 Å².